The average Bonchev–Trinajstić information content (AvgIpc) is 2.88. The number of ether oxygens (including phenoxy) is 3. The zero-order valence-electron chi connectivity index (χ0n) is 12.8. The van der Waals surface area contributed by atoms with Crippen molar-refractivity contribution in [1.82, 2.24) is 0 Å². The van der Waals surface area contributed by atoms with E-state index in [2.05, 4.69) is 0 Å². The van der Waals surface area contributed by atoms with E-state index < -0.39 is 23.5 Å². The minimum absolute atomic E-state index is 0.350. The number of hydrogen-bond acceptors (Lipinski definition) is 4. The minimum Gasteiger partial charge on any atom is -0.481 e. The van der Waals surface area contributed by atoms with E-state index in [1.807, 2.05) is 30.3 Å². The van der Waals surface area contributed by atoms with Crippen molar-refractivity contribution in [2.24, 2.45) is 5.41 Å². The number of benzene rings is 1. The number of carboxylic acids is 1. The molecule has 0 bridgehead atoms. The van der Waals surface area contributed by atoms with E-state index in [0.29, 0.717) is 26.1 Å². The molecule has 1 aliphatic heterocycles. The minimum atomic E-state index is -0.799. The van der Waals surface area contributed by atoms with Crippen LogP contribution in [-0.4, -0.2) is 29.8 Å². The quantitative estimate of drug-likeness (QED) is 0.926. The van der Waals surface area contributed by atoms with Gasteiger partial charge in [0.15, 0.2) is 12.1 Å². The normalized spacial score (nSPS) is 34.9. The summed E-state index contributed by atoms with van der Waals surface area (Å²) in [4.78, 5) is 11.5. The molecule has 1 N–H and O–H groups in total. The van der Waals surface area contributed by atoms with Crippen molar-refractivity contribution in [3.05, 3.63) is 35.9 Å². The van der Waals surface area contributed by atoms with Crippen LogP contribution < -0.4 is 0 Å². The van der Waals surface area contributed by atoms with Gasteiger partial charge in [-0.3, -0.25) is 4.79 Å². The summed E-state index contributed by atoms with van der Waals surface area (Å²) >= 11 is 0. The van der Waals surface area contributed by atoms with Gasteiger partial charge in [-0.25, -0.2) is 0 Å². The van der Waals surface area contributed by atoms with Crippen LogP contribution in [0, 0.1) is 5.41 Å². The van der Waals surface area contributed by atoms with Crippen LogP contribution in [-0.2, 0) is 25.6 Å². The van der Waals surface area contributed by atoms with Crippen LogP contribution in [0.25, 0.3) is 0 Å². The molecule has 1 heterocycles. The molecule has 1 spiro atoms. The Morgan fingerprint density at radius 2 is 2.14 bits per heavy atom. The molecule has 1 saturated heterocycles. The van der Waals surface area contributed by atoms with E-state index in [-0.39, 0.29) is 0 Å². The molecule has 1 aromatic carbocycles. The van der Waals surface area contributed by atoms with Crippen molar-refractivity contribution < 1.29 is 24.1 Å². The number of rotatable bonds is 4. The van der Waals surface area contributed by atoms with Gasteiger partial charge in [0, 0.05) is 12.8 Å². The molecule has 2 aliphatic rings. The SMILES string of the molecule is CC1(C(=O)O)CCCC2(C1)OCC(OCc1ccccc1)O2. The van der Waals surface area contributed by atoms with Crippen LogP contribution in [0.3, 0.4) is 0 Å². The molecule has 1 aromatic rings. The van der Waals surface area contributed by atoms with Gasteiger partial charge in [-0.2, -0.15) is 0 Å². The summed E-state index contributed by atoms with van der Waals surface area (Å²) in [7, 11) is 0. The monoisotopic (exact) mass is 306 g/mol. The van der Waals surface area contributed by atoms with Crippen molar-refractivity contribution in [1.29, 1.82) is 0 Å². The molecule has 22 heavy (non-hydrogen) atoms. The Labute approximate surface area is 130 Å². The molecule has 0 amide bonds. The van der Waals surface area contributed by atoms with Crippen molar-refractivity contribution in [2.45, 2.75) is 51.3 Å². The first-order valence-electron chi connectivity index (χ1n) is 7.72. The smallest absolute Gasteiger partial charge is 0.309 e. The fraction of sp³-hybridized carbons (Fsp3) is 0.588. The number of carbonyl (C=O) groups is 1. The van der Waals surface area contributed by atoms with Gasteiger partial charge < -0.3 is 19.3 Å². The summed E-state index contributed by atoms with van der Waals surface area (Å²) in [5, 5.41) is 9.42. The number of carboxylic acid groups (broad SMARTS) is 1. The molecule has 0 aromatic heterocycles. The molecular formula is C17H22O5. The molecule has 5 nitrogen and oxygen atoms in total. The molecule has 120 valence electrons. The third-order valence-corrected chi connectivity index (χ3v) is 4.57. The first-order valence-corrected chi connectivity index (χ1v) is 7.72. The standard InChI is InChI=1S/C17H22O5/c1-16(15(18)19)8-5-9-17(12-16)21-11-14(22-17)20-10-13-6-3-2-4-7-13/h2-4,6-7,14H,5,8-12H2,1H3,(H,18,19). The topological polar surface area (TPSA) is 65.0 Å². The predicted molar refractivity (Wildman–Crippen MR) is 79.0 cm³/mol. The van der Waals surface area contributed by atoms with Crippen molar-refractivity contribution in [2.75, 3.05) is 6.61 Å². The largest absolute Gasteiger partial charge is 0.481 e. The summed E-state index contributed by atoms with van der Waals surface area (Å²) in [5.74, 6) is -1.58. The zero-order chi connectivity index (χ0) is 15.6. The molecule has 3 unspecified atom stereocenters. The first kappa shape index (κ1) is 15.5. The van der Waals surface area contributed by atoms with Crippen LogP contribution in [0.1, 0.15) is 38.2 Å². The van der Waals surface area contributed by atoms with Crippen LogP contribution in [0.2, 0.25) is 0 Å². The van der Waals surface area contributed by atoms with Gasteiger partial charge in [0.1, 0.15) is 6.61 Å². The van der Waals surface area contributed by atoms with Gasteiger partial charge in [-0.05, 0) is 25.3 Å². The van der Waals surface area contributed by atoms with Gasteiger partial charge in [0.25, 0.3) is 0 Å². The van der Waals surface area contributed by atoms with Crippen molar-refractivity contribution in [3.8, 4) is 0 Å². The first-order chi connectivity index (χ1) is 10.5. The average molecular weight is 306 g/mol. The van der Waals surface area contributed by atoms with Gasteiger partial charge in [-0.1, -0.05) is 30.3 Å². The van der Waals surface area contributed by atoms with Crippen LogP contribution >= 0.6 is 0 Å². The zero-order valence-corrected chi connectivity index (χ0v) is 12.8. The van der Waals surface area contributed by atoms with E-state index in [1.54, 1.807) is 6.92 Å². The van der Waals surface area contributed by atoms with Crippen molar-refractivity contribution in [3.63, 3.8) is 0 Å². The lowest BCUT2D eigenvalue weighted by Gasteiger charge is -2.40. The summed E-state index contributed by atoms with van der Waals surface area (Å²) in [6.45, 7) is 2.57. The maximum atomic E-state index is 11.5. The molecule has 3 atom stereocenters. The third kappa shape index (κ3) is 3.16. The maximum Gasteiger partial charge on any atom is 0.309 e. The number of aliphatic carboxylic acids is 1. The Bertz CT molecular complexity index is 531. The van der Waals surface area contributed by atoms with Crippen molar-refractivity contribution >= 4 is 5.97 Å². The number of hydrogen-bond donors (Lipinski definition) is 1. The third-order valence-electron chi connectivity index (χ3n) is 4.57. The highest BCUT2D eigenvalue weighted by molar-refractivity contribution is 5.74. The molecule has 1 saturated carbocycles. The van der Waals surface area contributed by atoms with Crippen LogP contribution in [0.5, 0.6) is 0 Å². The van der Waals surface area contributed by atoms with Crippen LogP contribution in [0.4, 0.5) is 0 Å². The summed E-state index contributed by atoms with van der Waals surface area (Å²) < 4.78 is 17.5. The molecule has 0 radical (unpaired) electrons. The predicted octanol–water partition coefficient (Wildman–Crippen LogP) is 2.94. The lowest BCUT2D eigenvalue weighted by Crippen LogP contribution is -2.45. The Hall–Kier alpha value is -1.43. The second-order valence-electron chi connectivity index (χ2n) is 6.46. The highest BCUT2D eigenvalue weighted by Crippen LogP contribution is 2.46. The van der Waals surface area contributed by atoms with E-state index >= 15 is 0 Å². The van der Waals surface area contributed by atoms with E-state index in [9.17, 15) is 9.90 Å². The Morgan fingerprint density at radius 3 is 2.86 bits per heavy atom. The second-order valence-corrected chi connectivity index (χ2v) is 6.46. The highest BCUT2D eigenvalue weighted by Gasteiger charge is 2.52. The fourth-order valence-corrected chi connectivity index (χ4v) is 3.30. The lowest BCUT2D eigenvalue weighted by atomic mass is 9.73. The molecule has 3 rings (SSSR count). The Morgan fingerprint density at radius 1 is 1.36 bits per heavy atom. The van der Waals surface area contributed by atoms with Gasteiger partial charge in [-0.15, -0.1) is 0 Å². The maximum absolute atomic E-state index is 11.5. The Balaban J connectivity index is 1.58. The lowest BCUT2D eigenvalue weighted by molar-refractivity contribution is -0.243. The summed E-state index contributed by atoms with van der Waals surface area (Å²) in [5.41, 5.74) is 0.290. The highest BCUT2D eigenvalue weighted by atomic mass is 16.8. The van der Waals surface area contributed by atoms with E-state index in [0.717, 1.165) is 18.4 Å². The van der Waals surface area contributed by atoms with Gasteiger partial charge >= 0.3 is 5.97 Å². The Kier molecular flexibility index (Phi) is 4.21. The second kappa shape index (κ2) is 5.99. The van der Waals surface area contributed by atoms with Gasteiger partial charge in [0.2, 0.25) is 0 Å². The summed E-state index contributed by atoms with van der Waals surface area (Å²) in [6.07, 6.45) is 2.11. The van der Waals surface area contributed by atoms with Gasteiger partial charge in [0.05, 0.1) is 12.0 Å². The van der Waals surface area contributed by atoms with E-state index in [1.165, 1.54) is 0 Å². The molecule has 1 aliphatic carbocycles. The molecule has 2 fully saturated rings. The molecular weight excluding hydrogens is 284 g/mol. The fourth-order valence-electron chi connectivity index (χ4n) is 3.30. The summed E-state index contributed by atoms with van der Waals surface area (Å²) in [6, 6.07) is 9.88. The molecule has 5 heteroatoms. The van der Waals surface area contributed by atoms with E-state index in [4.69, 9.17) is 14.2 Å². The van der Waals surface area contributed by atoms with Crippen LogP contribution in [0.15, 0.2) is 30.3 Å².